The Bertz CT molecular complexity index is 885. The Labute approximate surface area is 157 Å². The summed E-state index contributed by atoms with van der Waals surface area (Å²) in [5.74, 6) is 1.08. The first kappa shape index (κ1) is 18.8. The van der Waals surface area contributed by atoms with Crippen molar-refractivity contribution < 1.29 is 28.6 Å². The van der Waals surface area contributed by atoms with Crippen molar-refractivity contribution in [1.82, 2.24) is 4.90 Å². The van der Waals surface area contributed by atoms with Crippen molar-refractivity contribution in [3.8, 4) is 11.5 Å². The average Bonchev–Trinajstić information content (AvgIpc) is 2.98. The number of aliphatic carboxylic acids is 1. The van der Waals surface area contributed by atoms with Gasteiger partial charge in [-0.1, -0.05) is 0 Å². The van der Waals surface area contributed by atoms with Crippen molar-refractivity contribution in [3.63, 3.8) is 0 Å². The molecule has 0 radical (unpaired) electrons. The van der Waals surface area contributed by atoms with E-state index < -0.39 is 12.0 Å². The molecule has 2 heterocycles. The fourth-order valence-electron chi connectivity index (χ4n) is 3.65. The molecule has 7 nitrogen and oxygen atoms in total. The third-order valence-corrected chi connectivity index (χ3v) is 4.90. The van der Waals surface area contributed by atoms with Crippen molar-refractivity contribution in [1.29, 1.82) is 0 Å². The number of methoxy groups -OCH3 is 2. The van der Waals surface area contributed by atoms with Crippen LogP contribution in [-0.2, 0) is 11.2 Å². The lowest BCUT2D eigenvalue weighted by Gasteiger charge is -2.37. The van der Waals surface area contributed by atoms with Gasteiger partial charge in [0.05, 0.1) is 32.2 Å². The standard InChI is InChI=1S/C20H23NO6/c1-11-7-14(12(2)27-11)20(24)21-6-5-13-8-17(25-3)18(26-4)9-15(13)16(21)10-19(22)23/h7-9,16H,5-6,10H2,1-4H3,(H,22,23). The zero-order chi connectivity index (χ0) is 19.7. The lowest BCUT2D eigenvalue weighted by molar-refractivity contribution is -0.138. The number of carboxylic acid groups (broad SMARTS) is 1. The summed E-state index contributed by atoms with van der Waals surface area (Å²) in [6.45, 7) is 3.93. The van der Waals surface area contributed by atoms with E-state index in [-0.39, 0.29) is 12.3 Å². The van der Waals surface area contributed by atoms with Crippen LogP contribution in [0.5, 0.6) is 11.5 Å². The first-order valence-electron chi connectivity index (χ1n) is 8.70. The number of hydrogen-bond donors (Lipinski definition) is 1. The molecular formula is C20H23NO6. The molecule has 144 valence electrons. The number of aryl methyl sites for hydroxylation is 2. The molecule has 27 heavy (non-hydrogen) atoms. The fraction of sp³-hybridized carbons (Fsp3) is 0.400. The second-order valence-electron chi connectivity index (χ2n) is 6.60. The molecule has 0 fully saturated rings. The van der Waals surface area contributed by atoms with Gasteiger partial charge in [0, 0.05) is 6.54 Å². The highest BCUT2D eigenvalue weighted by molar-refractivity contribution is 5.96. The van der Waals surface area contributed by atoms with Gasteiger partial charge in [-0.25, -0.2) is 0 Å². The molecule has 3 rings (SSSR count). The van der Waals surface area contributed by atoms with Crippen molar-refractivity contribution in [2.24, 2.45) is 0 Å². The molecule has 0 saturated carbocycles. The topological polar surface area (TPSA) is 89.2 Å². The van der Waals surface area contributed by atoms with E-state index >= 15 is 0 Å². The van der Waals surface area contributed by atoms with Crippen LogP contribution < -0.4 is 9.47 Å². The van der Waals surface area contributed by atoms with Crippen LogP contribution in [0.15, 0.2) is 22.6 Å². The van der Waals surface area contributed by atoms with E-state index in [4.69, 9.17) is 13.9 Å². The van der Waals surface area contributed by atoms with E-state index in [1.54, 1.807) is 38.0 Å². The predicted octanol–water partition coefficient (Wildman–Crippen LogP) is 3.13. The number of rotatable bonds is 5. The van der Waals surface area contributed by atoms with Crippen LogP contribution in [0.4, 0.5) is 0 Å². The molecule has 2 aromatic rings. The highest BCUT2D eigenvalue weighted by Crippen LogP contribution is 2.40. The van der Waals surface area contributed by atoms with Gasteiger partial charge in [-0.3, -0.25) is 9.59 Å². The van der Waals surface area contributed by atoms with Gasteiger partial charge in [-0.15, -0.1) is 0 Å². The van der Waals surface area contributed by atoms with E-state index in [1.807, 2.05) is 6.07 Å². The summed E-state index contributed by atoms with van der Waals surface area (Å²) in [5, 5.41) is 9.43. The Morgan fingerprint density at radius 1 is 1.19 bits per heavy atom. The zero-order valence-corrected chi connectivity index (χ0v) is 15.9. The van der Waals surface area contributed by atoms with Crippen molar-refractivity contribution in [2.45, 2.75) is 32.7 Å². The van der Waals surface area contributed by atoms with Crippen LogP contribution in [0, 0.1) is 13.8 Å². The van der Waals surface area contributed by atoms with Crippen molar-refractivity contribution >= 4 is 11.9 Å². The highest BCUT2D eigenvalue weighted by Gasteiger charge is 2.35. The molecule has 1 aliphatic rings. The molecule has 1 aromatic carbocycles. The minimum atomic E-state index is -0.972. The van der Waals surface area contributed by atoms with Crippen LogP contribution in [0.2, 0.25) is 0 Å². The zero-order valence-electron chi connectivity index (χ0n) is 15.9. The molecule has 0 bridgehead atoms. The first-order chi connectivity index (χ1) is 12.8. The number of hydrogen-bond acceptors (Lipinski definition) is 5. The van der Waals surface area contributed by atoms with E-state index in [2.05, 4.69) is 0 Å². The first-order valence-corrected chi connectivity index (χ1v) is 8.70. The smallest absolute Gasteiger partial charge is 0.305 e. The van der Waals surface area contributed by atoms with E-state index in [9.17, 15) is 14.7 Å². The lowest BCUT2D eigenvalue weighted by Crippen LogP contribution is -2.41. The highest BCUT2D eigenvalue weighted by atomic mass is 16.5. The number of carbonyl (C=O) groups is 2. The third kappa shape index (κ3) is 3.49. The minimum absolute atomic E-state index is 0.190. The molecule has 0 saturated heterocycles. The molecule has 0 spiro atoms. The Morgan fingerprint density at radius 3 is 2.41 bits per heavy atom. The van der Waals surface area contributed by atoms with Gasteiger partial charge in [-0.2, -0.15) is 0 Å². The molecular weight excluding hydrogens is 350 g/mol. The van der Waals surface area contributed by atoms with E-state index in [0.717, 1.165) is 11.1 Å². The van der Waals surface area contributed by atoms with Crippen LogP contribution in [0.1, 0.15) is 45.5 Å². The molecule has 1 atom stereocenters. The summed E-state index contributed by atoms with van der Waals surface area (Å²) in [5.41, 5.74) is 2.20. The number of benzene rings is 1. The van der Waals surface area contributed by atoms with Crippen LogP contribution in [-0.4, -0.2) is 42.6 Å². The molecule has 1 unspecified atom stereocenters. The van der Waals surface area contributed by atoms with Crippen LogP contribution in [0.25, 0.3) is 0 Å². The third-order valence-electron chi connectivity index (χ3n) is 4.90. The SMILES string of the molecule is COc1cc2c(cc1OC)C(CC(=O)O)N(C(=O)c1cc(C)oc1C)CC2. The van der Waals surface area contributed by atoms with Gasteiger partial charge in [0.25, 0.3) is 5.91 Å². The summed E-state index contributed by atoms with van der Waals surface area (Å²) in [4.78, 5) is 26.3. The second-order valence-corrected chi connectivity index (χ2v) is 6.60. The van der Waals surface area contributed by atoms with E-state index in [1.165, 1.54) is 7.11 Å². The van der Waals surface area contributed by atoms with Gasteiger partial charge in [0.2, 0.25) is 0 Å². The maximum absolute atomic E-state index is 13.1. The van der Waals surface area contributed by atoms with Gasteiger partial charge in [0.1, 0.15) is 11.5 Å². The molecule has 0 aliphatic carbocycles. The number of nitrogens with zero attached hydrogens (tertiary/aromatic N) is 1. The molecule has 1 aliphatic heterocycles. The number of fused-ring (bicyclic) bond motifs is 1. The quantitative estimate of drug-likeness (QED) is 0.866. The van der Waals surface area contributed by atoms with Crippen LogP contribution >= 0.6 is 0 Å². The van der Waals surface area contributed by atoms with Crippen LogP contribution in [0.3, 0.4) is 0 Å². The summed E-state index contributed by atoms with van der Waals surface area (Å²) < 4.78 is 16.2. The monoisotopic (exact) mass is 373 g/mol. The summed E-state index contributed by atoms with van der Waals surface area (Å²) in [6.07, 6.45) is 0.414. The second kappa shape index (κ2) is 7.34. The number of carboxylic acids is 1. The van der Waals surface area contributed by atoms with Crippen molar-refractivity contribution in [3.05, 3.63) is 46.4 Å². The number of amides is 1. The van der Waals surface area contributed by atoms with Gasteiger partial charge in [0.15, 0.2) is 11.5 Å². The van der Waals surface area contributed by atoms with Crippen molar-refractivity contribution in [2.75, 3.05) is 20.8 Å². The summed E-state index contributed by atoms with van der Waals surface area (Å²) in [6, 6.07) is 4.74. The number of furan rings is 1. The Balaban J connectivity index is 2.05. The summed E-state index contributed by atoms with van der Waals surface area (Å²) >= 11 is 0. The van der Waals surface area contributed by atoms with Gasteiger partial charge < -0.3 is 23.9 Å². The molecule has 1 amide bonds. The van der Waals surface area contributed by atoms with Gasteiger partial charge in [-0.05, 0) is 49.6 Å². The lowest BCUT2D eigenvalue weighted by atomic mass is 9.89. The maximum atomic E-state index is 13.1. The Kier molecular flexibility index (Phi) is 5.12. The molecule has 1 N–H and O–H groups in total. The van der Waals surface area contributed by atoms with Gasteiger partial charge >= 0.3 is 5.97 Å². The maximum Gasteiger partial charge on any atom is 0.305 e. The Hall–Kier alpha value is -2.96. The average molecular weight is 373 g/mol. The number of ether oxygens (including phenoxy) is 2. The fourth-order valence-corrected chi connectivity index (χ4v) is 3.65. The molecule has 7 heteroatoms. The largest absolute Gasteiger partial charge is 0.493 e. The minimum Gasteiger partial charge on any atom is -0.493 e. The van der Waals surface area contributed by atoms with E-state index in [0.29, 0.717) is 41.5 Å². The normalized spacial score (nSPS) is 16.0. The number of carbonyl (C=O) groups excluding carboxylic acids is 1. The predicted molar refractivity (Wildman–Crippen MR) is 97.5 cm³/mol. The Morgan fingerprint density at radius 2 is 1.85 bits per heavy atom. The molecule has 1 aromatic heterocycles. The summed E-state index contributed by atoms with van der Waals surface area (Å²) in [7, 11) is 3.08.